The van der Waals surface area contributed by atoms with Gasteiger partial charge in [-0.25, -0.2) is 0 Å². The maximum absolute atomic E-state index is 10.5. The van der Waals surface area contributed by atoms with E-state index in [0.717, 1.165) is 36.0 Å². The predicted octanol–water partition coefficient (Wildman–Crippen LogP) is 6.05. The SMILES string of the molecule is CCCCC1C(CO)CCC2C1CCC1C3(C)CCC(O)C(C)C3CCC21C. The average molecular weight is 391 g/mol. The summed E-state index contributed by atoms with van der Waals surface area (Å²) in [6, 6.07) is 0. The van der Waals surface area contributed by atoms with E-state index >= 15 is 0 Å². The van der Waals surface area contributed by atoms with Crippen LogP contribution in [0.15, 0.2) is 0 Å². The van der Waals surface area contributed by atoms with Gasteiger partial charge >= 0.3 is 0 Å². The average Bonchev–Trinajstić information content (AvgIpc) is 2.69. The van der Waals surface area contributed by atoms with Gasteiger partial charge in [-0.3, -0.25) is 0 Å². The van der Waals surface area contributed by atoms with Crippen LogP contribution in [0.25, 0.3) is 0 Å². The molecule has 0 radical (unpaired) electrons. The van der Waals surface area contributed by atoms with Crippen LogP contribution in [-0.2, 0) is 0 Å². The van der Waals surface area contributed by atoms with E-state index in [1.165, 1.54) is 64.2 Å². The molecule has 28 heavy (non-hydrogen) atoms. The molecular formula is C26H46O2. The van der Waals surface area contributed by atoms with Crippen LogP contribution in [-0.4, -0.2) is 22.9 Å². The van der Waals surface area contributed by atoms with Crippen molar-refractivity contribution in [2.75, 3.05) is 6.61 Å². The number of hydrogen-bond donors (Lipinski definition) is 2. The molecule has 10 atom stereocenters. The van der Waals surface area contributed by atoms with E-state index in [4.69, 9.17) is 0 Å². The summed E-state index contributed by atoms with van der Waals surface area (Å²) in [5.74, 6) is 5.08. The summed E-state index contributed by atoms with van der Waals surface area (Å²) in [6.45, 7) is 10.3. The third-order valence-electron chi connectivity index (χ3n) is 10.9. The fraction of sp³-hybridized carbons (Fsp3) is 1.00. The van der Waals surface area contributed by atoms with Crippen molar-refractivity contribution < 1.29 is 10.2 Å². The van der Waals surface area contributed by atoms with Gasteiger partial charge in [0.25, 0.3) is 0 Å². The predicted molar refractivity (Wildman–Crippen MR) is 116 cm³/mol. The lowest BCUT2D eigenvalue weighted by Crippen LogP contribution is -2.60. The number of hydrogen-bond acceptors (Lipinski definition) is 2. The van der Waals surface area contributed by atoms with E-state index in [-0.39, 0.29) is 6.10 Å². The van der Waals surface area contributed by atoms with Gasteiger partial charge in [0.1, 0.15) is 0 Å². The van der Waals surface area contributed by atoms with Gasteiger partial charge in [-0.05, 0) is 110 Å². The molecule has 0 aromatic carbocycles. The van der Waals surface area contributed by atoms with Crippen LogP contribution in [0.2, 0.25) is 0 Å². The molecule has 2 N–H and O–H groups in total. The standard InChI is InChI=1S/C26H46O2/c1-5-6-7-19-18(16-27)8-10-22-20(19)9-11-24-25(3)15-13-23(28)17(2)21(25)12-14-26(22,24)4/h17-24,27-28H,5-16H2,1-4H3. The highest BCUT2D eigenvalue weighted by Gasteiger charge is 2.62. The highest BCUT2D eigenvalue weighted by molar-refractivity contribution is 5.11. The lowest BCUT2D eigenvalue weighted by atomic mass is 9.38. The van der Waals surface area contributed by atoms with E-state index in [0.29, 0.717) is 29.3 Å². The third kappa shape index (κ3) is 3.11. The number of aliphatic hydroxyl groups is 2. The van der Waals surface area contributed by atoms with Crippen molar-refractivity contribution in [3.8, 4) is 0 Å². The number of fused-ring (bicyclic) bond motifs is 5. The topological polar surface area (TPSA) is 40.5 Å². The molecule has 4 fully saturated rings. The van der Waals surface area contributed by atoms with Gasteiger partial charge in [-0.1, -0.05) is 40.5 Å². The zero-order valence-corrected chi connectivity index (χ0v) is 19.0. The summed E-state index contributed by atoms with van der Waals surface area (Å²) < 4.78 is 0. The molecule has 0 heterocycles. The Morgan fingerprint density at radius 3 is 2.32 bits per heavy atom. The maximum Gasteiger partial charge on any atom is 0.0568 e. The zero-order chi connectivity index (χ0) is 20.1. The molecule has 0 spiro atoms. The Balaban J connectivity index is 1.61. The fourth-order valence-corrected chi connectivity index (χ4v) is 9.48. The minimum Gasteiger partial charge on any atom is -0.396 e. The minimum absolute atomic E-state index is 0.0720. The number of aliphatic hydroxyl groups excluding tert-OH is 2. The Kier molecular flexibility index (Phi) is 5.95. The van der Waals surface area contributed by atoms with Gasteiger partial charge in [0.2, 0.25) is 0 Å². The summed E-state index contributed by atoms with van der Waals surface area (Å²) in [5.41, 5.74) is 0.921. The summed E-state index contributed by atoms with van der Waals surface area (Å²) in [7, 11) is 0. The summed E-state index contributed by atoms with van der Waals surface area (Å²) in [5, 5.41) is 20.6. The molecule has 4 aliphatic carbocycles. The van der Waals surface area contributed by atoms with E-state index in [1.54, 1.807) is 0 Å². The van der Waals surface area contributed by atoms with Gasteiger partial charge in [0.05, 0.1) is 6.10 Å². The van der Waals surface area contributed by atoms with Crippen molar-refractivity contribution in [3.05, 3.63) is 0 Å². The van der Waals surface area contributed by atoms with Crippen LogP contribution >= 0.6 is 0 Å². The van der Waals surface area contributed by atoms with Gasteiger partial charge in [-0.2, -0.15) is 0 Å². The summed E-state index contributed by atoms with van der Waals surface area (Å²) in [6.07, 6.45) is 14.2. The Morgan fingerprint density at radius 2 is 1.61 bits per heavy atom. The quantitative estimate of drug-likeness (QED) is 0.613. The van der Waals surface area contributed by atoms with E-state index < -0.39 is 0 Å². The smallest absolute Gasteiger partial charge is 0.0568 e. The molecule has 0 aliphatic heterocycles. The molecule has 0 aromatic heterocycles. The molecule has 162 valence electrons. The summed E-state index contributed by atoms with van der Waals surface area (Å²) in [4.78, 5) is 0. The molecule has 0 aromatic rings. The van der Waals surface area contributed by atoms with Gasteiger partial charge in [0.15, 0.2) is 0 Å². The van der Waals surface area contributed by atoms with Gasteiger partial charge in [0, 0.05) is 6.61 Å². The second-order valence-electron chi connectivity index (χ2n) is 11.8. The Bertz CT molecular complexity index is 547. The lowest BCUT2D eigenvalue weighted by Gasteiger charge is -2.67. The highest BCUT2D eigenvalue weighted by Crippen LogP contribution is 2.69. The first-order valence-corrected chi connectivity index (χ1v) is 12.7. The van der Waals surface area contributed by atoms with Gasteiger partial charge in [-0.15, -0.1) is 0 Å². The summed E-state index contributed by atoms with van der Waals surface area (Å²) >= 11 is 0. The molecular weight excluding hydrogens is 344 g/mol. The lowest BCUT2D eigenvalue weighted by molar-refractivity contribution is -0.191. The van der Waals surface area contributed by atoms with Crippen LogP contribution < -0.4 is 0 Å². The van der Waals surface area contributed by atoms with Crippen molar-refractivity contribution in [2.45, 2.75) is 104 Å². The van der Waals surface area contributed by atoms with Crippen LogP contribution in [0.3, 0.4) is 0 Å². The molecule has 2 nitrogen and oxygen atoms in total. The Morgan fingerprint density at radius 1 is 0.893 bits per heavy atom. The zero-order valence-electron chi connectivity index (χ0n) is 19.0. The first-order valence-electron chi connectivity index (χ1n) is 12.7. The van der Waals surface area contributed by atoms with Crippen molar-refractivity contribution in [1.29, 1.82) is 0 Å². The maximum atomic E-state index is 10.5. The second kappa shape index (κ2) is 7.88. The van der Waals surface area contributed by atoms with Crippen molar-refractivity contribution in [2.24, 2.45) is 52.3 Å². The van der Waals surface area contributed by atoms with Gasteiger partial charge < -0.3 is 10.2 Å². The molecule has 10 unspecified atom stereocenters. The molecule has 0 amide bonds. The minimum atomic E-state index is -0.0720. The molecule has 4 saturated carbocycles. The fourth-order valence-electron chi connectivity index (χ4n) is 9.48. The molecule has 0 saturated heterocycles. The third-order valence-corrected chi connectivity index (χ3v) is 10.9. The van der Waals surface area contributed by atoms with Crippen molar-refractivity contribution in [1.82, 2.24) is 0 Å². The normalized spacial score (nSPS) is 53.8. The Labute approximate surface area is 173 Å². The molecule has 4 rings (SSSR count). The number of rotatable bonds is 4. The van der Waals surface area contributed by atoms with Crippen LogP contribution in [0, 0.1) is 52.3 Å². The largest absolute Gasteiger partial charge is 0.396 e. The first kappa shape index (κ1) is 21.2. The molecule has 4 aliphatic rings. The second-order valence-corrected chi connectivity index (χ2v) is 11.8. The molecule has 2 heteroatoms. The highest BCUT2D eigenvalue weighted by atomic mass is 16.3. The number of unbranched alkanes of at least 4 members (excludes halogenated alkanes) is 1. The van der Waals surface area contributed by atoms with Crippen molar-refractivity contribution in [3.63, 3.8) is 0 Å². The van der Waals surface area contributed by atoms with Crippen LogP contribution in [0.5, 0.6) is 0 Å². The van der Waals surface area contributed by atoms with E-state index in [9.17, 15) is 10.2 Å². The van der Waals surface area contributed by atoms with Crippen molar-refractivity contribution >= 4 is 0 Å². The monoisotopic (exact) mass is 390 g/mol. The van der Waals surface area contributed by atoms with E-state index in [2.05, 4.69) is 27.7 Å². The van der Waals surface area contributed by atoms with Crippen LogP contribution in [0.4, 0.5) is 0 Å². The van der Waals surface area contributed by atoms with E-state index in [1.807, 2.05) is 0 Å². The van der Waals surface area contributed by atoms with Crippen LogP contribution in [0.1, 0.15) is 98.3 Å². The Hall–Kier alpha value is -0.0800. The first-order chi connectivity index (χ1) is 13.4. The molecule has 0 bridgehead atoms.